The quantitative estimate of drug-likeness (QED) is 0.456. The van der Waals surface area contributed by atoms with Crippen LogP contribution in [0, 0.1) is 0 Å². The maximum atomic E-state index is 13.0. The Balaban J connectivity index is 1.52. The van der Waals surface area contributed by atoms with Crippen LogP contribution in [0.15, 0.2) is 66.2 Å². The molecule has 0 unspecified atom stereocenters. The summed E-state index contributed by atoms with van der Waals surface area (Å²) in [5.41, 5.74) is 5.42. The summed E-state index contributed by atoms with van der Waals surface area (Å²) in [5, 5.41) is 5.13. The Kier molecular flexibility index (Phi) is 5.73. The Bertz CT molecular complexity index is 1130. The van der Waals surface area contributed by atoms with Crippen LogP contribution in [0.25, 0.3) is 10.2 Å². The van der Waals surface area contributed by atoms with E-state index in [9.17, 15) is 4.79 Å². The van der Waals surface area contributed by atoms with Crippen molar-refractivity contribution in [1.82, 2.24) is 14.9 Å². The van der Waals surface area contributed by atoms with Crippen LogP contribution in [0.5, 0.6) is 0 Å². The molecule has 1 N–H and O–H groups in total. The van der Waals surface area contributed by atoms with Gasteiger partial charge in [0.1, 0.15) is 5.69 Å². The molecule has 1 amide bonds. The van der Waals surface area contributed by atoms with Gasteiger partial charge in [-0.25, -0.2) is 0 Å². The van der Waals surface area contributed by atoms with Gasteiger partial charge in [0.05, 0.1) is 10.2 Å². The number of carbonyl (C=O) groups is 1. The number of nitrogens with zero attached hydrogens (tertiary/aromatic N) is 2. The van der Waals surface area contributed by atoms with Crippen molar-refractivity contribution in [1.29, 1.82) is 0 Å². The highest BCUT2D eigenvalue weighted by atomic mass is 32.1. The van der Waals surface area contributed by atoms with Gasteiger partial charge in [0.15, 0.2) is 0 Å². The molecule has 3 heterocycles. The molecule has 154 valence electrons. The van der Waals surface area contributed by atoms with Crippen molar-refractivity contribution in [3.8, 4) is 0 Å². The molecular weight excluding hydrogens is 390 g/mol. The predicted octanol–water partition coefficient (Wildman–Crippen LogP) is 5.42. The minimum Gasteiger partial charge on any atom is -0.350 e. The molecule has 5 heteroatoms. The summed E-state index contributed by atoms with van der Waals surface area (Å²) in [6.45, 7) is 7.89. The van der Waals surface area contributed by atoms with E-state index in [-0.39, 0.29) is 11.3 Å². The van der Waals surface area contributed by atoms with Crippen LogP contribution in [0.4, 0.5) is 0 Å². The largest absolute Gasteiger partial charge is 0.350 e. The zero-order chi connectivity index (χ0) is 21.1. The number of hydrogen-bond acceptors (Lipinski definition) is 3. The molecule has 3 aromatic heterocycles. The van der Waals surface area contributed by atoms with E-state index < -0.39 is 0 Å². The van der Waals surface area contributed by atoms with Crippen molar-refractivity contribution < 1.29 is 4.79 Å². The number of carbonyl (C=O) groups excluding carboxylic acids is 1. The highest BCUT2D eigenvalue weighted by Crippen LogP contribution is 2.27. The maximum absolute atomic E-state index is 13.0. The number of thiophene rings is 1. The van der Waals surface area contributed by atoms with Crippen molar-refractivity contribution in [2.45, 2.75) is 39.2 Å². The molecule has 0 spiro atoms. The van der Waals surface area contributed by atoms with Crippen LogP contribution in [0.1, 0.15) is 48.1 Å². The molecule has 0 aliphatic rings. The fraction of sp³-hybridized carbons (Fsp3) is 0.280. The van der Waals surface area contributed by atoms with Gasteiger partial charge in [-0.1, -0.05) is 51.1 Å². The minimum absolute atomic E-state index is 0.0411. The summed E-state index contributed by atoms with van der Waals surface area (Å²) in [6, 6.07) is 18.7. The van der Waals surface area contributed by atoms with Crippen LogP contribution < -0.4 is 5.32 Å². The van der Waals surface area contributed by atoms with E-state index in [2.05, 4.69) is 71.4 Å². The van der Waals surface area contributed by atoms with Gasteiger partial charge >= 0.3 is 0 Å². The molecule has 0 saturated carbocycles. The first-order valence-corrected chi connectivity index (χ1v) is 11.1. The Morgan fingerprint density at radius 2 is 1.90 bits per heavy atom. The topological polar surface area (TPSA) is 46.9 Å². The molecule has 0 fully saturated rings. The van der Waals surface area contributed by atoms with E-state index in [0.717, 1.165) is 22.3 Å². The van der Waals surface area contributed by atoms with Gasteiger partial charge in [0.25, 0.3) is 5.91 Å². The first kappa shape index (κ1) is 20.4. The average molecular weight is 418 g/mol. The van der Waals surface area contributed by atoms with Gasteiger partial charge in [-0.15, -0.1) is 11.3 Å². The van der Waals surface area contributed by atoms with Crippen molar-refractivity contribution in [2.24, 2.45) is 0 Å². The fourth-order valence-electron chi connectivity index (χ4n) is 3.57. The minimum atomic E-state index is -0.0411. The standard InChI is InChI=1S/C25H27N3OS/c1-25(2,3)19-9-7-18(8-10-19)17-28-21-12-15-30-23(21)16-22(28)24(29)27-14-11-20-6-4-5-13-26-20/h4-10,12-13,15-16H,11,14,17H2,1-3H3,(H,27,29). The highest BCUT2D eigenvalue weighted by Gasteiger charge is 2.17. The lowest BCUT2D eigenvalue weighted by molar-refractivity contribution is 0.0945. The van der Waals surface area contributed by atoms with Gasteiger partial charge < -0.3 is 9.88 Å². The van der Waals surface area contributed by atoms with Crippen molar-refractivity contribution in [3.63, 3.8) is 0 Å². The van der Waals surface area contributed by atoms with Crippen LogP contribution in [0.3, 0.4) is 0 Å². The molecule has 0 atom stereocenters. The van der Waals surface area contributed by atoms with Crippen LogP contribution in [-0.4, -0.2) is 22.0 Å². The molecule has 4 aromatic rings. The maximum Gasteiger partial charge on any atom is 0.267 e. The summed E-state index contributed by atoms with van der Waals surface area (Å²) in [7, 11) is 0. The summed E-state index contributed by atoms with van der Waals surface area (Å²) in [6.07, 6.45) is 2.50. The third kappa shape index (κ3) is 4.46. The summed E-state index contributed by atoms with van der Waals surface area (Å²) in [5.74, 6) is -0.0411. The number of rotatable bonds is 6. The van der Waals surface area contributed by atoms with Gasteiger partial charge in [-0.2, -0.15) is 0 Å². The summed E-state index contributed by atoms with van der Waals surface area (Å²) in [4.78, 5) is 17.3. The Hall–Kier alpha value is -2.92. The lowest BCUT2D eigenvalue weighted by Gasteiger charge is -2.19. The van der Waals surface area contributed by atoms with Crippen LogP contribution >= 0.6 is 11.3 Å². The number of amides is 1. The molecule has 30 heavy (non-hydrogen) atoms. The van der Waals surface area contributed by atoms with Gasteiger partial charge in [-0.05, 0) is 46.2 Å². The van der Waals surface area contributed by atoms with Crippen LogP contribution in [-0.2, 0) is 18.4 Å². The second-order valence-corrected chi connectivity index (χ2v) is 9.51. The Labute approximate surface area is 181 Å². The van der Waals surface area contributed by atoms with E-state index in [4.69, 9.17) is 0 Å². The number of hydrogen-bond donors (Lipinski definition) is 1. The van der Waals surface area contributed by atoms with Gasteiger partial charge in [-0.3, -0.25) is 9.78 Å². The summed E-state index contributed by atoms with van der Waals surface area (Å²) >= 11 is 1.67. The van der Waals surface area contributed by atoms with E-state index in [0.29, 0.717) is 18.8 Å². The monoisotopic (exact) mass is 417 g/mol. The zero-order valence-corrected chi connectivity index (χ0v) is 18.5. The SMILES string of the molecule is CC(C)(C)c1ccc(Cn2c(C(=O)NCCc3ccccn3)cc3sccc32)cc1. The first-order chi connectivity index (χ1) is 14.4. The first-order valence-electron chi connectivity index (χ1n) is 10.3. The van der Waals surface area contributed by atoms with Crippen molar-refractivity contribution >= 4 is 27.5 Å². The molecule has 0 saturated heterocycles. The predicted molar refractivity (Wildman–Crippen MR) is 124 cm³/mol. The molecule has 0 bridgehead atoms. The van der Waals surface area contributed by atoms with Crippen molar-refractivity contribution in [3.05, 3.63) is 88.7 Å². The molecule has 0 aliphatic heterocycles. The van der Waals surface area contributed by atoms with E-state index in [1.54, 1.807) is 17.5 Å². The van der Waals surface area contributed by atoms with E-state index >= 15 is 0 Å². The second-order valence-electron chi connectivity index (χ2n) is 8.56. The third-order valence-corrected chi connectivity index (χ3v) is 6.16. The number of aromatic nitrogens is 2. The summed E-state index contributed by atoms with van der Waals surface area (Å²) < 4.78 is 3.25. The number of pyridine rings is 1. The lowest BCUT2D eigenvalue weighted by atomic mass is 9.87. The highest BCUT2D eigenvalue weighted by molar-refractivity contribution is 7.17. The Morgan fingerprint density at radius 1 is 1.10 bits per heavy atom. The van der Waals surface area contributed by atoms with Gasteiger partial charge in [0, 0.05) is 31.4 Å². The zero-order valence-electron chi connectivity index (χ0n) is 17.7. The number of fused-ring (bicyclic) bond motifs is 1. The van der Waals surface area contributed by atoms with E-state index in [1.807, 2.05) is 24.3 Å². The molecule has 0 radical (unpaired) electrons. The smallest absolute Gasteiger partial charge is 0.267 e. The third-order valence-electron chi connectivity index (χ3n) is 5.31. The molecule has 4 nitrogen and oxygen atoms in total. The molecular formula is C25H27N3OS. The van der Waals surface area contributed by atoms with E-state index in [1.165, 1.54) is 11.1 Å². The number of benzene rings is 1. The fourth-order valence-corrected chi connectivity index (χ4v) is 4.39. The molecule has 1 aromatic carbocycles. The second kappa shape index (κ2) is 8.44. The van der Waals surface area contributed by atoms with Gasteiger partial charge in [0.2, 0.25) is 0 Å². The molecule has 4 rings (SSSR count). The normalized spacial score (nSPS) is 11.7. The lowest BCUT2D eigenvalue weighted by Crippen LogP contribution is -2.28. The molecule has 0 aliphatic carbocycles. The van der Waals surface area contributed by atoms with Crippen molar-refractivity contribution in [2.75, 3.05) is 6.54 Å². The average Bonchev–Trinajstić information content (AvgIpc) is 3.31. The van der Waals surface area contributed by atoms with Crippen LogP contribution in [0.2, 0.25) is 0 Å². The number of nitrogens with one attached hydrogen (secondary N) is 1. The Morgan fingerprint density at radius 3 is 2.60 bits per heavy atom.